The van der Waals surface area contributed by atoms with Crippen molar-refractivity contribution in [3.8, 4) is 0 Å². The molecule has 4 rings (SSSR count). The lowest BCUT2D eigenvalue weighted by molar-refractivity contribution is -0.122. The molecular weight excluding hydrogens is 295 g/mol. The molecule has 2 heterocycles. The van der Waals surface area contributed by atoms with Gasteiger partial charge in [-0.2, -0.15) is 0 Å². The molecule has 2 atom stereocenters. The number of carbonyl (C=O) groups excluding carboxylic acids is 2. The van der Waals surface area contributed by atoms with Crippen molar-refractivity contribution in [1.29, 1.82) is 0 Å². The molecule has 0 radical (unpaired) electrons. The maximum atomic E-state index is 13.1. The number of hydrogen-bond donors (Lipinski definition) is 0. The molecule has 0 unspecified atom stereocenters. The number of rotatable bonds is 1. The number of para-hydroxylation sites is 1. The molecule has 0 aromatic heterocycles. The van der Waals surface area contributed by atoms with E-state index >= 15 is 0 Å². The molecule has 2 aromatic carbocycles. The van der Waals surface area contributed by atoms with Gasteiger partial charge in [0.1, 0.15) is 5.82 Å². The lowest BCUT2D eigenvalue weighted by atomic mass is 9.83. The minimum absolute atomic E-state index is 0.215. The summed E-state index contributed by atoms with van der Waals surface area (Å²) in [6.07, 6.45) is 0. The highest BCUT2D eigenvalue weighted by Gasteiger charge is 2.52. The van der Waals surface area contributed by atoms with E-state index in [4.69, 9.17) is 0 Å². The number of halogens is 1. The van der Waals surface area contributed by atoms with Gasteiger partial charge in [-0.1, -0.05) is 18.2 Å². The molecule has 2 amide bonds. The highest BCUT2D eigenvalue weighted by Crippen LogP contribution is 2.44. The summed E-state index contributed by atoms with van der Waals surface area (Å²) in [6.45, 7) is 0.504. The van der Waals surface area contributed by atoms with Crippen molar-refractivity contribution in [2.24, 2.45) is 5.92 Å². The van der Waals surface area contributed by atoms with E-state index < -0.39 is 17.7 Å². The monoisotopic (exact) mass is 310 g/mol. The number of carbonyl (C=O) groups is 2. The summed E-state index contributed by atoms with van der Waals surface area (Å²) in [7, 11) is 1.92. The van der Waals surface area contributed by atoms with E-state index in [2.05, 4.69) is 0 Å². The van der Waals surface area contributed by atoms with Crippen LogP contribution < -0.4 is 9.80 Å². The van der Waals surface area contributed by atoms with Crippen LogP contribution in [0.3, 0.4) is 0 Å². The Morgan fingerprint density at radius 2 is 1.70 bits per heavy atom. The second-order valence-electron chi connectivity index (χ2n) is 6.01. The van der Waals surface area contributed by atoms with Gasteiger partial charge < -0.3 is 4.90 Å². The fourth-order valence-corrected chi connectivity index (χ4v) is 3.60. The Bertz CT molecular complexity index is 803. The Morgan fingerprint density at radius 3 is 2.43 bits per heavy atom. The Morgan fingerprint density at radius 1 is 1.00 bits per heavy atom. The third kappa shape index (κ3) is 1.96. The summed E-state index contributed by atoms with van der Waals surface area (Å²) in [5.74, 6) is -1.69. The number of fused-ring (bicyclic) bond motifs is 3. The van der Waals surface area contributed by atoms with E-state index in [1.54, 1.807) is 0 Å². The van der Waals surface area contributed by atoms with Crippen molar-refractivity contribution >= 4 is 23.2 Å². The first kappa shape index (κ1) is 13.9. The molecule has 1 saturated heterocycles. The highest BCUT2D eigenvalue weighted by molar-refractivity contribution is 6.24. The smallest absolute Gasteiger partial charge is 0.242 e. The van der Waals surface area contributed by atoms with Gasteiger partial charge >= 0.3 is 0 Å². The first-order chi connectivity index (χ1) is 11.1. The Balaban J connectivity index is 1.80. The van der Waals surface area contributed by atoms with E-state index in [0.717, 1.165) is 11.3 Å². The van der Waals surface area contributed by atoms with Gasteiger partial charge in [0.15, 0.2) is 0 Å². The fraction of sp³-hybridized carbons (Fsp3) is 0.222. The minimum atomic E-state index is -0.458. The number of nitrogens with zero attached hydrogens (tertiary/aromatic N) is 2. The topological polar surface area (TPSA) is 40.6 Å². The molecule has 0 bridgehead atoms. The standard InChI is InChI=1S/C18H15FN2O2/c1-20-10-14-16(13-4-2-3-5-15(13)20)18(23)21(17(14)22)12-8-6-11(19)7-9-12/h2-9,14,16H,10H2,1H3/t14-,16+/m1/s1. The average molecular weight is 310 g/mol. The van der Waals surface area contributed by atoms with Gasteiger partial charge in [-0.05, 0) is 35.9 Å². The normalized spacial score (nSPS) is 23.0. The Labute approximate surface area is 133 Å². The molecule has 0 spiro atoms. The fourth-order valence-electron chi connectivity index (χ4n) is 3.60. The number of amides is 2. The molecular formula is C18H15FN2O2. The van der Waals surface area contributed by atoms with E-state index in [1.165, 1.54) is 29.2 Å². The number of benzene rings is 2. The van der Waals surface area contributed by atoms with Crippen LogP contribution in [0.4, 0.5) is 15.8 Å². The van der Waals surface area contributed by atoms with Gasteiger partial charge in [-0.3, -0.25) is 9.59 Å². The minimum Gasteiger partial charge on any atom is -0.374 e. The zero-order valence-corrected chi connectivity index (χ0v) is 12.6. The summed E-state index contributed by atoms with van der Waals surface area (Å²) in [5.41, 5.74) is 2.29. The number of imide groups is 1. The molecule has 23 heavy (non-hydrogen) atoms. The van der Waals surface area contributed by atoms with Crippen LogP contribution in [0, 0.1) is 11.7 Å². The van der Waals surface area contributed by atoms with Gasteiger partial charge in [0.05, 0.1) is 17.5 Å². The molecule has 0 saturated carbocycles. The van der Waals surface area contributed by atoms with Crippen molar-refractivity contribution in [3.63, 3.8) is 0 Å². The van der Waals surface area contributed by atoms with Crippen LogP contribution in [0.15, 0.2) is 48.5 Å². The lowest BCUT2D eigenvalue weighted by Gasteiger charge is -2.33. The molecule has 5 heteroatoms. The van der Waals surface area contributed by atoms with Gasteiger partial charge in [-0.25, -0.2) is 9.29 Å². The quantitative estimate of drug-likeness (QED) is 0.760. The zero-order valence-electron chi connectivity index (χ0n) is 12.6. The van der Waals surface area contributed by atoms with E-state index in [0.29, 0.717) is 12.2 Å². The third-order valence-electron chi connectivity index (χ3n) is 4.66. The summed E-state index contributed by atoms with van der Waals surface area (Å²) in [6, 6.07) is 13.1. The molecule has 4 nitrogen and oxygen atoms in total. The molecule has 2 aliphatic rings. The summed E-state index contributed by atoms with van der Waals surface area (Å²) < 4.78 is 13.1. The second-order valence-corrected chi connectivity index (χ2v) is 6.01. The molecule has 116 valence electrons. The van der Waals surface area contributed by atoms with Gasteiger partial charge in [0.25, 0.3) is 0 Å². The highest BCUT2D eigenvalue weighted by atomic mass is 19.1. The van der Waals surface area contributed by atoms with Gasteiger partial charge in [-0.15, -0.1) is 0 Å². The predicted molar refractivity (Wildman–Crippen MR) is 84.8 cm³/mol. The lowest BCUT2D eigenvalue weighted by Crippen LogP contribution is -2.37. The van der Waals surface area contributed by atoms with E-state index in [9.17, 15) is 14.0 Å². The van der Waals surface area contributed by atoms with Gasteiger partial charge in [0, 0.05) is 19.3 Å². The molecule has 1 fully saturated rings. The van der Waals surface area contributed by atoms with Crippen molar-refractivity contribution in [1.82, 2.24) is 0 Å². The average Bonchev–Trinajstić information content (AvgIpc) is 2.80. The van der Waals surface area contributed by atoms with E-state index in [1.807, 2.05) is 36.2 Å². The van der Waals surface area contributed by atoms with Crippen molar-refractivity contribution in [2.45, 2.75) is 5.92 Å². The van der Waals surface area contributed by atoms with Crippen LogP contribution in [-0.2, 0) is 9.59 Å². The predicted octanol–water partition coefficient (Wildman–Crippen LogP) is 2.55. The molecule has 0 N–H and O–H groups in total. The maximum Gasteiger partial charge on any atom is 0.242 e. The van der Waals surface area contributed by atoms with Crippen molar-refractivity contribution in [3.05, 3.63) is 59.9 Å². The first-order valence-corrected chi connectivity index (χ1v) is 7.51. The SMILES string of the molecule is CN1C[C@H]2C(=O)N(c3ccc(F)cc3)C(=O)[C@H]2c2ccccc21. The molecule has 2 aromatic rings. The van der Waals surface area contributed by atoms with Crippen LogP contribution in [0.2, 0.25) is 0 Å². The third-order valence-corrected chi connectivity index (χ3v) is 4.66. The van der Waals surface area contributed by atoms with Crippen LogP contribution in [0.5, 0.6) is 0 Å². The Kier molecular flexibility index (Phi) is 2.98. The maximum absolute atomic E-state index is 13.1. The van der Waals surface area contributed by atoms with Crippen molar-refractivity contribution < 1.29 is 14.0 Å². The summed E-state index contributed by atoms with van der Waals surface area (Å²) in [5, 5.41) is 0. The van der Waals surface area contributed by atoms with Crippen LogP contribution in [0.1, 0.15) is 11.5 Å². The summed E-state index contributed by atoms with van der Waals surface area (Å²) >= 11 is 0. The Hall–Kier alpha value is -2.69. The number of hydrogen-bond acceptors (Lipinski definition) is 3. The zero-order chi connectivity index (χ0) is 16.1. The van der Waals surface area contributed by atoms with Crippen LogP contribution in [0.25, 0.3) is 0 Å². The first-order valence-electron chi connectivity index (χ1n) is 7.51. The number of anilines is 2. The van der Waals surface area contributed by atoms with E-state index in [-0.39, 0.29) is 11.8 Å². The van der Waals surface area contributed by atoms with Crippen LogP contribution >= 0.6 is 0 Å². The largest absolute Gasteiger partial charge is 0.374 e. The second kappa shape index (κ2) is 4.91. The molecule has 2 aliphatic heterocycles. The van der Waals surface area contributed by atoms with Crippen molar-refractivity contribution in [2.75, 3.05) is 23.4 Å². The summed E-state index contributed by atoms with van der Waals surface area (Å²) in [4.78, 5) is 28.9. The molecule has 0 aliphatic carbocycles. The van der Waals surface area contributed by atoms with Gasteiger partial charge in [0.2, 0.25) is 11.8 Å². The van der Waals surface area contributed by atoms with Crippen LogP contribution in [-0.4, -0.2) is 25.4 Å².